The van der Waals surface area contributed by atoms with E-state index in [2.05, 4.69) is 35.7 Å². The minimum absolute atomic E-state index is 0.0509. The largest absolute Gasteiger partial charge is 0.369 e. The first-order valence-electron chi connectivity index (χ1n) is 10.2. The molecule has 1 aromatic heterocycles. The van der Waals surface area contributed by atoms with Gasteiger partial charge in [0.05, 0.1) is 11.8 Å². The second kappa shape index (κ2) is 8.44. The van der Waals surface area contributed by atoms with E-state index in [1.54, 1.807) is 16.2 Å². The number of hydrogen-bond acceptors (Lipinski definition) is 3. The number of hydrogen-bond donors (Lipinski definition) is 1. The van der Waals surface area contributed by atoms with Crippen molar-refractivity contribution in [2.45, 2.75) is 26.2 Å². The third-order valence-corrected chi connectivity index (χ3v) is 6.93. The quantitative estimate of drug-likeness (QED) is 0.652. The molecule has 1 aliphatic heterocycles. The van der Waals surface area contributed by atoms with E-state index in [1.807, 2.05) is 37.3 Å². The Labute approximate surface area is 181 Å². The van der Waals surface area contributed by atoms with E-state index >= 15 is 0 Å². The molecule has 30 heavy (non-hydrogen) atoms. The lowest BCUT2D eigenvalue weighted by atomic mass is 9.80. The molecular weight excluding hydrogens is 392 g/mol. The van der Waals surface area contributed by atoms with Crippen LogP contribution < -0.4 is 5.73 Å². The van der Waals surface area contributed by atoms with Crippen LogP contribution in [0.15, 0.2) is 66.0 Å². The van der Waals surface area contributed by atoms with Crippen LogP contribution in [0.3, 0.4) is 0 Å². The summed E-state index contributed by atoms with van der Waals surface area (Å²) in [5.41, 5.74) is 9.55. The first-order valence-corrected chi connectivity index (χ1v) is 11.1. The Bertz CT molecular complexity index is 1030. The molecule has 3 aromatic rings. The molecule has 5 heteroatoms. The molecule has 0 bridgehead atoms. The monoisotopic (exact) mass is 418 g/mol. The van der Waals surface area contributed by atoms with Gasteiger partial charge < -0.3 is 10.6 Å². The van der Waals surface area contributed by atoms with Gasteiger partial charge in [0.1, 0.15) is 0 Å². The average molecular weight is 419 g/mol. The minimum atomic E-state index is -0.701. The molecule has 1 atom stereocenters. The molecule has 4 nitrogen and oxygen atoms in total. The highest BCUT2D eigenvalue weighted by Crippen LogP contribution is 2.35. The molecule has 2 heterocycles. The van der Waals surface area contributed by atoms with Gasteiger partial charge in [-0.1, -0.05) is 60.2 Å². The van der Waals surface area contributed by atoms with E-state index in [9.17, 15) is 9.59 Å². The van der Waals surface area contributed by atoms with Crippen molar-refractivity contribution in [2.75, 3.05) is 13.1 Å². The summed E-state index contributed by atoms with van der Waals surface area (Å²) in [6, 6.07) is 20.4. The second-order valence-electron chi connectivity index (χ2n) is 8.22. The first-order chi connectivity index (χ1) is 14.4. The Morgan fingerprint density at radius 2 is 1.73 bits per heavy atom. The summed E-state index contributed by atoms with van der Waals surface area (Å²) in [4.78, 5) is 28.3. The van der Waals surface area contributed by atoms with Crippen molar-refractivity contribution in [1.29, 1.82) is 0 Å². The van der Waals surface area contributed by atoms with Crippen LogP contribution in [0.2, 0.25) is 0 Å². The lowest BCUT2D eigenvalue weighted by molar-refractivity contribution is -0.131. The molecule has 2 aromatic carbocycles. The normalized spacial score (nSPS) is 18.5. The number of aryl methyl sites for hydroxylation is 1. The maximum atomic E-state index is 12.8. The fourth-order valence-electron chi connectivity index (χ4n) is 4.13. The number of primary amides is 1. The van der Waals surface area contributed by atoms with Crippen LogP contribution in [-0.2, 0) is 22.4 Å². The molecule has 1 aliphatic rings. The van der Waals surface area contributed by atoms with Gasteiger partial charge in [-0.15, -0.1) is 11.3 Å². The molecule has 1 unspecified atom stereocenters. The van der Waals surface area contributed by atoms with Crippen molar-refractivity contribution in [1.82, 2.24) is 4.90 Å². The predicted molar refractivity (Wildman–Crippen MR) is 121 cm³/mol. The summed E-state index contributed by atoms with van der Waals surface area (Å²) in [7, 11) is 0. The molecule has 4 rings (SSSR count). The summed E-state index contributed by atoms with van der Waals surface area (Å²) in [6.45, 7) is 2.99. The van der Waals surface area contributed by atoms with Gasteiger partial charge in [-0.25, -0.2) is 0 Å². The number of carbonyl (C=O) groups excluding carboxylic acids is 2. The lowest BCUT2D eigenvalue weighted by Gasteiger charge is -2.26. The number of nitrogens with two attached hydrogens (primary N) is 1. The summed E-state index contributed by atoms with van der Waals surface area (Å²) in [5.74, 6) is -0.273. The summed E-state index contributed by atoms with van der Waals surface area (Å²) in [6.07, 6.45) is 1.51. The van der Waals surface area contributed by atoms with Crippen molar-refractivity contribution in [3.8, 4) is 10.4 Å². The number of carbonyl (C=O) groups is 2. The van der Waals surface area contributed by atoms with Crippen molar-refractivity contribution in [3.63, 3.8) is 0 Å². The average Bonchev–Trinajstić information content (AvgIpc) is 3.41. The van der Waals surface area contributed by atoms with Gasteiger partial charge in [0.15, 0.2) is 0 Å². The molecule has 2 N–H and O–H groups in total. The van der Waals surface area contributed by atoms with Gasteiger partial charge in [-0.2, -0.15) is 0 Å². The van der Waals surface area contributed by atoms with Gasteiger partial charge in [-0.05, 0) is 47.9 Å². The standard InChI is InChI=1S/C25H26N2O2S/c1-18-4-6-19(7-5-18)15-23(28)27-13-12-25(17-27,24(26)29)16-20-8-10-21(11-9-20)22-3-2-14-30-22/h2-11,14H,12-13,15-17H2,1H3,(H2,26,29). The zero-order valence-corrected chi connectivity index (χ0v) is 18.0. The van der Waals surface area contributed by atoms with Crippen molar-refractivity contribution in [3.05, 3.63) is 82.7 Å². The number of benzene rings is 2. The number of nitrogens with zero attached hydrogens (tertiary/aromatic N) is 1. The Morgan fingerprint density at radius 3 is 2.37 bits per heavy atom. The molecule has 2 amide bonds. The smallest absolute Gasteiger partial charge is 0.227 e. The van der Waals surface area contributed by atoms with E-state index in [-0.39, 0.29) is 11.8 Å². The SMILES string of the molecule is Cc1ccc(CC(=O)N2CCC(Cc3ccc(-c4cccs4)cc3)(C(N)=O)C2)cc1. The van der Waals surface area contributed by atoms with Crippen LogP contribution in [0.5, 0.6) is 0 Å². The fraction of sp³-hybridized carbons (Fsp3) is 0.280. The number of likely N-dealkylation sites (tertiary alicyclic amines) is 1. The number of thiophene rings is 1. The highest BCUT2D eigenvalue weighted by Gasteiger charge is 2.44. The van der Waals surface area contributed by atoms with E-state index in [1.165, 1.54) is 16.0 Å². The van der Waals surface area contributed by atoms with E-state index in [0.717, 1.165) is 11.1 Å². The lowest BCUT2D eigenvalue weighted by Crippen LogP contribution is -2.42. The zero-order valence-electron chi connectivity index (χ0n) is 17.1. The van der Waals surface area contributed by atoms with E-state index in [0.29, 0.717) is 32.4 Å². The molecular formula is C25H26N2O2S. The molecule has 0 radical (unpaired) electrons. The number of amides is 2. The van der Waals surface area contributed by atoms with Crippen LogP contribution in [0, 0.1) is 12.3 Å². The van der Waals surface area contributed by atoms with Crippen LogP contribution in [-0.4, -0.2) is 29.8 Å². The third kappa shape index (κ3) is 4.31. The molecule has 154 valence electrons. The van der Waals surface area contributed by atoms with E-state index < -0.39 is 5.41 Å². The van der Waals surface area contributed by atoms with Crippen LogP contribution in [0.1, 0.15) is 23.1 Å². The summed E-state index contributed by atoms with van der Waals surface area (Å²) < 4.78 is 0. The Morgan fingerprint density at radius 1 is 1.03 bits per heavy atom. The third-order valence-electron chi connectivity index (χ3n) is 6.01. The Hall–Kier alpha value is -2.92. The predicted octanol–water partition coefficient (Wildman–Crippen LogP) is 4.21. The van der Waals surface area contributed by atoms with Crippen LogP contribution in [0.4, 0.5) is 0 Å². The number of rotatable bonds is 6. The fourth-order valence-corrected chi connectivity index (χ4v) is 4.86. The first kappa shape index (κ1) is 20.4. The Kier molecular flexibility index (Phi) is 5.73. The van der Waals surface area contributed by atoms with Gasteiger partial charge in [-0.3, -0.25) is 9.59 Å². The molecule has 0 aliphatic carbocycles. The highest BCUT2D eigenvalue weighted by molar-refractivity contribution is 7.13. The Balaban J connectivity index is 1.45. The van der Waals surface area contributed by atoms with Gasteiger partial charge in [0.25, 0.3) is 0 Å². The van der Waals surface area contributed by atoms with Gasteiger partial charge in [0.2, 0.25) is 11.8 Å². The molecule has 1 saturated heterocycles. The maximum absolute atomic E-state index is 12.8. The molecule has 0 saturated carbocycles. The van der Waals surface area contributed by atoms with Crippen molar-refractivity contribution < 1.29 is 9.59 Å². The minimum Gasteiger partial charge on any atom is -0.369 e. The molecule has 1 fully saturated rings. The zero-order chi connectivity index (χ0) is 21.1. The van der Waals surface area contributed by atoms with Crippen molar-refractivity contribution >= 4 is 23.2 Å². The summed E-state index contributed by atoms with van der Waals surface area (Å²) >= 11 is 1.71. The molecule has 0 spiro atoms. The highest BCUT2D eigenvalue weighted by atomic mass is 32.1. The topological polar surface area (TPSA) is 63.4 Å². The van der Waals surface area contributed by atoms with Gasteiger partial charge in [0, 0.05) is 18.0 Å². The van der Waals surface area contributed by atoms with Crippen LogP contribution >= 0.6 is 11.3 Å². The summed E-state index contributed by atoms with van der Waals surface area (Å²) in [5, 5.41) is 2.06. The van der Waals surface area contributed by atoms with E-state index in [4.69, 9.17) is 5.73 Å². The second-order valence-corrected chi connectivity index (χ2v) is 9.17. The van der Waals surface area contributed by atoms with Crippen LogP contribution in [0.25, 0.3) is 10.4 Å². The maximum Gasteiger partial charge on any atom is 0.227 e. The van der Waals surface area contributed by atoms with Crippen molar-refractivity contribution in [2.24, 2.45) is 11.1 Å². The van der Waals surface area contributed by atoms with Gasteiger partial charge >= 0.3 is 0 Å².